The fraction of sp³-hybridized carbons (Fsp3) is 0.250. The molecule has 0 aliphatic rings. The highest BCUT2D eigenvalue weighted by Crippen LogP contribution is 2.22. The predicted molar refractivity (Wildman–Crippen MR) is 89.6 cm³/mol. The van der Waals surface area contributed by atoms with Crippen LogP contribution in [0.25, 0.3) is 0 Å². The van der Waals surface area contributed by atoms with Crippen LogP contribution in [0.2, 0.25) is 5.02 Å². The van der Waals surface area contributed by atoms with Crippen LogP contribution in [0.3, 0.4) is 0 Å². The van der Waals surface area contributed by atoms with E-state index >= 15 is 0 Å². The molecule has 2 rings (SSSR count). The molecule has 2 amide bonds. The third-order valence-electron chi connectivity index (χ3n) is 3.02. The predicted octanol–water partition coefficient (Wildman–Crippen LogP) is 3.29. The summed E-state index contributed by atoms with van der Waals surface area (Å²) < 4.78 is 0. The summed E-state index contributed by atoms with van der Waals surface area (Å²) in [6.45, 7) is 5.30. The first-order chi connectivity index (χ1) is 10.9. The van der Waals surface area contributed by atoms with Crippen molar-refractivity contribution >= 4 is 34.9 Å². The molecule has 2 N–H and O–H groups in total. The lowest BCUT2D eigenvalue weighted by atomic mass is 10.1. The Morgan fingerprint density at radius 3 is 2.57 bits per heavy atom. The fourth-order valence-electron chi connectivity index (χ4n) is 1.77. The molecule has 2 aromatic rings. The fourth-order valence-corrected chi connectivity index (χ4v) is 1.98. The average Bonchev–Trinajstić information content (AvgIpc) is 2.49. The Kier molecular flexibility index (Phi) is 5.28. The van der Waals surface area contributed by atoms with Crippen LogP contribution in [0, 0.1) is 12.8 Å². The summed E-state index contributed by atoms with van der Waals surface area (Å²) in [7, 11) is 0. The summed E-state index contributed by atoms with van der Waals surface area (Å²) >= 11 is 6.08. The van der Waals surface area contributed by atoms with Gasteiger partial charge < -0.3 is 10.6 Å². The van der Waals surface area contributed by atoms with Crippen molar-refractivity contribution in [1.82, 2.24) is 9.97 Å². The van der Waals surface area contributed by atoms with Gasteiger partial charge >= 0.3 is 0 Å². The van der Waals surface area contributed by atoms with E-state index in [1.54, 1.807) is 45.2 Å². The van der Waals surface area contributed by atoms with Gasteiger partial charge in [0.1, 0.15) is 11.6 Å². The molecule has 0 radical (unpaired) electrons. The van der Waals surface area contributed by atoms with Crippen molar-refractivity contribution in [3.05, 3.63) is 46.9 Å². The minimum Gasteiger partial charge on any atom is -0.326 e. The van der Waals surface area contributed by atoms with E-state index in [1.165, 1.54) is 6.07 Å². The number of halogens is 1. The lowest BCUT2D eigenvalue weighted by molar-refractivity contribution is -0.118. The highest BCUT2D eigenvalue weighted by atomic mass is 35.5. The normalized spacial score (nSPS) is 10.5. The Morgan fingerprint density at radius 2 is 1.91 bits per heavy atom. The van der Waals surface area contributed by atoms with Crippen molar-refractivity contribution < 1.29 is 9.59 Å². The second-order valence-electron chi connectivity index (χ2n) is 5.28. The molecule has 1 aromatic carbocycles. The molecule has 0 fully saturated rings. The molecule has 0 aliphatic heterocycles. The van der Waals surface area contributed by atoms with Gasteiger partial charge in [0.05, 0.1) is 10.6 Å². The van der Waals surface area contributed by atoms with Gasteiger partial charge in [-0.2, -0.15) is 0 Å². The summed E-state index contributed by atoms with van der Waals surface area (Å²) in [5.41, 5.74) is 0.765. The van der Waals surface area contributed by atoms with Crippen molar-refractivity contribution in [2.45, 2.75) is 20.8 Å². The van der Waals surface area contributed by atoms with Gasteiger partial charge in [0.2, 0.25) is 5.91 Å². The third-order valence-corrected chi connectivity index (χ3v) is 3.35. The number of carbonyl (C=O) groups excluding carboxylic acids is 2. The van der Waals surface area contributed by atoms with E-state index in [2.05, 4.69) is 20.6 Å². The lowest BCUT2D eigenvalue weighted by Gasteiger charge is -2.11. The van der Waals surface area contributed by atoms with Gasteiger partial charge in [0, 0.05) is 17.8 Å². The molecule has 0 unspecified atom stereocenters. The van der Waals surface area contributed by atoms with Crippen molar-refractivity contribution in [3.8, 4) is 0 Å². The summed E-state index contributed by atoms with van der Waals surface area (Å²) in [6, 6.07) is 6.33. The summed E-state index contributed by atoms with van der Waals surface area (Å²) in [5, 5.41) is 5.68. The van der Waals surface area contributed by atoms with Gasteiger partial charge in [-0.3, -0.25) is 9.59 Å². The third kappa shape index (κ3) is 4.50. The number of nitrogens with one attached hydrogen (secondary N) is 2. The molecule has 0 spiro atoms. The monoisotopic (exact) mass is 332 g/mol. The van der Waals surface area contributed by atoms with E-state index in [4.69, 9.17) is 11.6 Å². The van der Waals surface area contributed by atoms with Crippen LogP contribution >= 0.6 is 11.6 Å². The zero-order valence-corrected chi connectivity index (χ0v) is 13.8. The Balaban J connectivity index is 2.20. The Morgan fingerprint density at radius 1 is 1.17 bits per heavy atom. The quantitative estimate of drug-likeness (QED) is 0.899. The van der Waals surface area contributed by atoms with Crippen LogP contribution in [-0.2, 0) is 4.79 Å². The molecule has 0 atom stereocenters. The van der Waals surface area contributed by atoms with Gasteiger partial charge in [-0.15, -0.1) is 0 Å². The van der Waals surface area contributed by atoms with Crippen LogP contribution in [-0.4, -0.2) is 21.8 Å². The zero-order valence-electron chi connectivity index (χ0n) is 13.1. The lowest BCUT2D eigenvalue weighted by Crippen LogP contribution is -2.19. The summed E-state index contributed by atoms with van der Waals surface area (Å²) in [6.07, 6.45) is 1.55. The largest absolute Gasteiger partial charge is 0.326 e. The molecule has 1 aromatic heterocycles. The average molecular weight is 333 g/mol. The number of nitrogens with zero attached hydrogens (tertiary/aromatic N) is 2. The van der Waals surface area contributed by atoms with E-state index in [0.29, 0.717) is 17.3 Å². The Bertz CT molecular complexity index is 747. The number of aryl methyl sites for hydroxylation is 1. The van der Waals surface area contributed by atoms with Gasteiger partial charge in [-0.05, 0) is 31.2 Å². The number of hydrogen-bond acceptors (Lipinski definition) is 4. The van der Waals surface area contributed by atoms with Gasteiger partial charge in [-0.25, -0.2) is 9.97 Å². The van der Waals surface area contributed by atoms with Gasteiger partial charge in [0.15, 0.2) is 0 Å². The number of amides is 2. The number of benzene rings is 1. The number of anilines is 2. The van der Waals surface area contributed by atoms with E-state index in [9.17, 15) is 9.59 Å². The van der Waals surface area contributed by atoms with Crippen molar-refractivity contribution in [2.75, 3.05) is 10.6 Å². The smallest absolute Gasteiger partial charge is 0.258 e. The van der Waals surface area contributed by atoms with Crippen LogP contribution in [0.1, 0.15) is 30.0 Å². The second-order valence-corrected chi connectivity index (χ2v) is 5.69. The first-order valence-electron chi connectivity index (χ1n) is 7.08. The molecule has 7 heteroatoms. The molecular formula is C16H17ClN4O2. The van der Waals surface area contributed by atoms with Crippen LogP contribution < -0.4 is 10.6 Å². The number of rotatable bonds is 4. The van der Waals surface area contributed by atoms with Crippen LogP contribution in [0.4, 0.5) is 11.5 Å². The van der Waals surface area contributed by atoms with Crippen LogP contribution in [0.5, 0.6) is 0 Å². The van der Waals surface area contributed by atoms with Gasteiger partial charge in [-0.1, -0.05) is 25.4 Å². The molecule has 1 heterocycles. The summed E-state index contributed by atoms with van der Waals surface area (Å²) in [5.74, 6) is 0.229. The number of aromatic nitrogens is 2. The number of carbonyl (C=O) groups is 2. The second kappa shape index (κ2) is 7.19. The maximum absolute atomic E-state index is 12.3. The van der Waals surface area contributed by atoms with Crippen molar-refractivity contribution in [3.63, 3.8) is 0 Å². The zero-order chi connectivity index (χ0) is 17.0. The maximum Gasteiger partial charge on any atom is 0.258 e. The SMILES string of the molecule is Cc1nccc(NC(=O)c2cc(NC(=O)C(C)C)ccc2Cl)n1. The van der Waals surface area contributed by atoms with Crippen LogP contribution in [0.15, 0.2) is 30.5 Å². The molecule has 0 saturated heterocycles. The molecular weight excluding hydrogens is 316 g/mol. The molecule has 0 saturated carbocycles. The van der Waals surface area contributed by atoms with E-state index in [0.717, 1.165) is 0 Å². The maximum atomic E-state index is 12.3. The highest BCUT2D eigenvalue weighted by Gasteiger charge is 2.14. The van der Waals surface area contributed by atoms with E-state index < -0.39 is 5.91 Å². The molecule has 23 heavy (non-hydrogen) atoms. The first-order valence-corrected chi connectivity index (χ1v) is 7.46. The van der Waals surface area contributed by atoms with E-state index in [1.807, 2.05) is 0 Å². The Labute approximate surface area is 139 Å². The Hall–Kier alpha value is -2.47. The van der Waals surface area contributed by atoms with Gasteiger partial charge in [0.25, 0.3) is 5.91 Å². The molecule has 120 valence electrons. The topological polar surface area (TPSA) is 84.0 Å². The minimum atomic E-state index is -0.409. The highest BCUT2D eigenvalue weighted by molar-refractivity contribution is 6.34. The van der Waals surface area contributed by atoms with Crippen molar-refractivity contribution in [2.24, 2.45) is 5.92 Å². The molecule has 6 nitrogen and oxygen atoms in total. The molecule has 0 bridgehead atoms. The summed E-state index contributed by atoms with van der Waals surface area (Å²) in [4.78, 5) is 32.2. The standard InChI is InChI=1S/C16H17ClN4O2/c1-9(2)15(22)20-11-4-5-13(17)12(8-11)16(23)21-14-6-7-18-10(3)19-14/h4-9H,1-3H3,(H,20,22)(H,18,19,21,23). The first kappa shape index (κ1) is 16.9. The molecule has 0 aliphatic carbocycles. The van der Waals surface area contributed by atoms with E-state index in [-0.39, 0.29) is 22.4 Å². The van der Waals surface area contributed by atoms with Crippen molar-refractivity contribution in [1.29, 1.82) is 0 Å². The minimum absolute atomic E-state index is 0.134. The number of hydrogen-bond donors (Lipinski definition) is 2.